The second kappa shape index (κ2) is 9.18. The van der Waals surface area contributed by atoms with Gasteiger partial charge in [0.05, 0.1) is 4.90 Å². The lowest BCUT2D eigenvalue weighted by molar-refractivity contribution is -0.131. The normalized spacial score (nSPS) is 15.3. The van der Waals surface area contributed by atoms with Crippen molar-refractivity contribution in [3.63, 3.8) is 0 Å². The van der Waals surface area contributed by atoms with Gasteiger partial charge in [-0.1, -0.05) is 51.1 Å². The van der Waals surface area contributed by atoms with Crippen molar-refractivity contribution in [1.29, 1.82) is 0 Å². The monoisotopic (exact) mass is 429 g/mol. The molecule has 1 heterocycles. The highest BCUT2D eigenvalue weighted by atomic mass is 32.2. The van der Waals surface area contributed by atoms with Gasteiger partial charge in [0, 0.05) is 44.8 Å². The Hall–Kier alpha value is -2.38. The zero-order valence-corrected chi connectivity index (χ0v) is 18.8. The van der Waals surface area contributed by atoms with E-state index < -0.39 is 10.0 Å². The molecule has 30 heavy (non-hydrogen) atoms. The van der Waals surface area contributed by atoms with Crippen LogP contribution in [0.3, 0.4) is 0 Å². The second-order valence-corrected chi connectivity index (χ2v) is 10.4. The molecule has 0 saturated carbocycles. The summed E-state index contributed by atoms with van der Waals surface area (Å²) in [5.74, 6) is -0.0199. The van der Waals surface area contributed by atoms with Gasteiger partial charge < -0.3 is 9.80 Å². The summed E-state index contributed by atoms with van der Waals surface area (Å²) in [4.78, 5) is 16.8. The number of rotatable bonds is 6. The van der Waals surface area contributed by atoms with Crippen LogP contribution >= 0.6 is 0 Å². The van der Waals surface area contributed by atoms with Crippen molar-refractivity contribution in [2.75, 3.05) is 37.6 Å². The number of amides is 1. The number of nitrogens with one attached hydrogen (secondary N) is 1. The minimum absolute atomic E-state index is 0.0199. The molecule has 1 amide bonds. The highest BCUT2D eigenvalue weighted by Crippen LogP contribution is 2.23. The maximum Gasteiger partial charge on any atom is 0.240 e. The Balaban J connectivity index is 1.47. The predicted molar refractivity (Wildman–Crippen MR) is 120 cm³/mol. The fourth-order valence-corrected chi connectivity index (χ4v) is 4.55. The van der Waals surface area contributed by atoms with E-state index in [2.05, 4.69) is 42.5 Å². The molecule has 0 unspecified atom stereocenters. The number of hydrogen-bond acceptors (Lipinski definition) is 4. The Kier molecular flexibility index (Phi) is 6.83. The van der Waals surface area contributed by atoms with Crippen molar-refractivity contribution in [3.8, 4) is 0 Å². The lowest BCUT2D eigenvalue weighted by Gasteiger charge is -2.36. The predicted octanol–water partition coefficient (Wildman–Crippen LogP) is 3.00. The van der Waals surface area contributed by atoms with Crippen LogP contribution in [-0.2, 0) is 20.2 Å². The first-order valence-electron chi connectivity index (χ1n) is 10.3. The summed E-state index contributed by atoms with van der Waals surface area (Å²) in [6.45, 7) is 9.20. The van der Waals surface area contributed by atoms with E-state index in [1.54, 1.807) is 12.1 Å². The average Bonchev–Trinajstić information content (AvgIpc) is 2.74. The molecule has 1 aliphatic rings. The minimum atomic E-state index is -3.62. The third kappa shape index (κ3) is 5.61. The number of hydrogen-bond donors (Lipinski definition) is 1. The van der Waals surface area contributed by atoms with E-state index in [1.807, 2.05) is 35.2 Å². The highest BCUT2D eigenvalue weighted by Gasteiger charge is 2.22. The van der Waals surface area contributed by atoms with Crippen molar-refractivity contribution in [3.05, 3.63) is 60.2 Å². The summed E-state index contributed by atoms with van der Waals surface area (Å²) < 4.78 is 27.6. The minimum Gasteiger partial charge on any atom is -0.368 e. The number of piperazine rings is 1. The molecule has 2 aromatic carbocycles. The van der Waals surface area contributed by atoms with Gasteiger partial charge in [-0.3, -0.25) is 4.79 Å². The van der Waals surface area contributed by atoms with Crippen molar-refractivity contribution >= 4 is 21.6 Å². The maximum absolute atomic E-state index is 12.5. The summed E-state index contributed by atoms with van der Waals surface area (Å²) in [6, 6.07) is 17.1. The van der Waals surface area contributed by atoms with Gasteiger partial charge in [-0.2, -0.15) is 0 Å². The van der Waals surface area contributed by atoms with Crippen LogP contribution in [-0.4, -0.2) is 51.9 Å². The quantitative estimate of drug-likeness (QED) is 0.766. The van der Waals surface area contributed by atoms with Crippen molar-refractivity contribution in [2.24, 2.45) is 0 Å². The van der Waals surface area contributed by atoms with Crippen LogP contribution < -0.4 is 9.62 Å². The average molecular weight is 430 g/mol. The lowest BCUT2D eigenvalue weighted by atomic mass is 9.87. The van der Waals surface area contributed by atoms with E-state index in [4.69, 9.17) is 0 Å². The lowest BCUT2D eigenvalue weighted by Crippen LogP contribution is -2.49. The van der Waals surface area contributed by atoms with Crippen LogP contribution in [0.25, 0.3) is 0 Å². The van der Waals surface area contributed by atoms with Crippen molar-refractivity contribution < 1.29 is 13.2 Å². The van der Waals surface area contributed by atoms with Gasteiger partial charge in [0.25, 0.3) is 0 Å². The molecule has 0 spiro atoms. The Morgan fingerprint density at radius 3 is 2.10 bits per heavy atom. The zero-order valence-electron chi connectivity index (χ0n) is 18.0. The summed E-state index contributed by atoms with van der Waals surface area (Å²) in [5, 5.41) is 0. The molecule has 2 aromatic rings. The van der Waals surface area contributed by atoms with E-state index in [9.17, 15) is 13.2 Å². The summed E-state index contributed by atoms with van der Waals surface area (Å²) in [7, 11) is -3.62. The van der Waals surface area contributed by atoms with Gasteiger partial charge in [0.15, 0.2) is 0 Å². The third-order valence-electron chi connectivity index (χ3n) is 5.42. The second-order valence-electron chi connectivity index (χ2n) is 8.63. The molecular weight excluding hydrogens is 398 g/mol. The molecule has 1 saturated heterocycles. The molecule has 1 aliphatic heterocycles. The van der Waals surface area contributed by atoms with Gasteiger partial charge in [-0.05, 0) is 35.2 Å². The standard InChI is InChI=1S/C23H31N3O3S/c1-23(2,3)19-9-11-21(12-10-19)30(28,29)24-14-13-22(27)26-17-15-25(16-18-26)20-7-5-4-6-8-20/h4-12,24H,13-18H2,1-3H3. The van der Waals surface area contributed by atoms with Crippen LogP contribution in [0.1, 0.15) is 32.8 Å². The van der Waals surface area contributed by atoms with Gasteiger partial charge >= 0.3 is 0 Å². The van der Waals surface area contributed by atoms with Crippen LogP contribution in [0.2, 0.25) is 0 Å². The Labute approximate surface area is 179 Å². The number of carbonyl (C=O) groups is 1. The molecule has 0 radical (unpaired) electrons. The fourth-order valence-electron chi connectivity index (χ4n) is 3.52. The first-order chi connectivity index (χ1) is 14.2. The van der Waals surface area contributed by atoms with E-state index in [1.165, 1.54) is 0 Å². The molecule has 0 aliphatic carbocycles. The molecule has 7 heteroatoms. The summed E-state index contributed by atoms with van der Waals surface area (Å²) in [5.41, 5.74) is 2.20. The van der Waals surface area contributed by atoms with Crippen LogP contribution in [0.15, 0.2) is 59.5 Å². The smallest absolute Gasteiger partial charge is 0.240 e. The summed E-state index contributed by atoms with van der Waals surface area (Å²) >= 11 is 0. The molecule has 1 fully saturated rings. The van der Waals surface area contributed by atoms with Gasteiger partial charge in [0.2, 0.25) is 15.9 Å². The van der Waals surface area contributed by atoms with Crippen LogP contribution in [0.4, 0.5) is 5.69 Å². The molecule has 1 N–H and O–H groups in total. The Morgan fingerprint density at radius 2 is 1.53 bits per heavy atom. The maximum atomic E-state index is 12.5. The van der Waals surface area contributed by atoms with Crippen LogP contribution in [0.5, 0.6) is 0 Å². The van der Waals surface area contributed by atoms with E-state index in [0.29, 0.717) is 13.1 Å². The summed E-state index contributed by atoms with van der Waals surface area (Å²) in [6.07, 6.45) is 0.157. The molecule has 0 atom stereocenters. The van der Waals surface area contributed by atoms with Crippen molar-refractivity contribution in [1.82, 2.24) is 9.62 Å². The zero-order chi connectivity index (χ0) is 21.8. The molecule has 0 bridgehead atoms. The largest absolute Gasteiger partial charge is 0.368 e. The SMILES string of the molecule is CC(C)(C)c1ccc(S(=O)(=O)NCCC(=O)N2CCN(c3ccccc3)CC2)cc1. The number of carbonyl (C=O) groups excluding carboxylic acids is 1. The number of sulfonamides is 1. The molecule has 3 rings (SSSR count). The fraction of sp³-hybridized carbons (Fsp3) is 0.435. The Morgan fingerprint density at radius 1 is 0.933 bits per heavy atom. The van der Waals surface area contributed by atoms with Gasteiger partial charge in [-0.15, -0.1) is 0 Å². The first-order valence-corrected chi connectivity index (χ1v) is 11.8. The number of nitrogens with zero attached hydrogens (tertiary/aromatic N) is 2. The number of para-hydroxylation sites is 1. The topological polar surface area (TPSA) is 69.7 Å². The van der Waals surface area contributed by atoms with Gasteiger partial charge in [-0.25, -0.2) is 13.1 Å². The van der Waals surface area contributed by atoms with E-state index >= 15 is 0 Å². The first kappa shape index (κ1) is 22.3. The molecule has 0 aromatic heterocycles. The van der Waals surface area contributed by atoms with E-state index in [-0.39, 0.29) is 29.2 Å². The number of benzene rings is 2. The molecular formula is C23H31N3O3S. The van der Waals surface area contributed by atoms with E-state index in [0.717, 1.165) is 24.3 Å². The molecule has 162 valence electrons. The molecule has 6 nitrogen and oxygen atoms in total. The number of anilines is 1. The Bertz CT molecular complexity index is 943. The third-order valence-corrected chi connectivity index (χ3v) is 6.89. The highest BCUT2D eigenvalue weighted by molar-refractivity contribution is 7.89. The van der Waals surface area contributed by atoms with Crippen molar-refractivity contribution in [2.45, 2.75) is 37.5 Å². The van der Waals surface area contributed by atoms with Gasteiger partial charge in [0.1, 0.15) is 0 Å². The van der Waals surface area contributed by atoms with Crippen LogP contribution in [0, 0.1) is 0 Å².